The van der Waals surface area contributed by atoms with Crippen molar-refractivity contribution in [3.8, 4) is 0 Å². The fraction of sp³-hybridized carbons (Fsp3) is 0.429. The van der Waals surface area contributed by atoms with Gasteiger partial charge >= 0.3 is 0 Å². The number of sulfonamides is 2. The fourth-order valence-electron chi connectivity index (χ4n) is 5.68. The van der Waals surface area contributed by atoms with Gasteiger partial charge in [0.2, 0.25) is 20.0 Å². The Morgan fingerprint density at radius 3 is 2.28 bits per heavy atom. The third-order valence-electron chi connectivity index (χ3n) is 8.23. The lowest BCUT2D eigenvalue weighted by Gasteiger charge is -2.31. The second-order valence-electron chi connectivity index (χ2n) is 11.3. The molecule has 2 aromatic carbocycles. The van der Waals surface area contributed by atoms with Gasteiger partial charge in [0.15, 0.2) is 11.2 Å². The van der Waals surface area contributed by atoms with Gasteiger partial charge in [0.1, 0.15) is 5.82 Å². The van der Waals surface area contributed by atoms with E-state index in [1.54, 1.807) is 12.1 Å². The van der Waals surface area contributed by atoms with Crippen molar-refractivity contribution < 1.29 is 16.8 Å². The van der Waals surface area contributed by atoms with E-state index in [1.165, 1.54) is 37.6 Å². The molecule has 0 amide bonds. The van der Waals surface area contributed by atoms with E-state index in [9.17, 15) is 21.6 Å². The third-order valence-corrected chi connectivity index (χ3v) is 12.3. The summed E-state index contributed by atoms with van der Waals surface area (Å²) in [7, 11) is -7.63. The lowest BCUT2D eigenvalue weighted by molar-refractivity contribution is 0.288. The summed E-state index contributed by atoms with van der Waals surface area (Å²) in [6, 6.07) is 12.7. The largest absolute Gasteiger partial charge is 0.308 e. The maximum Gasteiger partial charge on any atom is 0.281 e. The predicted octanol–water partition coefficient (Wildman–Crippen LogP) is 3.21. The van der Waals surface area contributed by atoms with Crippen LogP contribution in [0.1, 0.15) is 49.9 Å². The number of piperidine rings is 2. The first-order valence-corrected chi connectivity index (χ1v) is 17.5. The molecule has 0 saturated carbocycles. The summed E-state index contributed by atoms with van der Waals surface area (Å²) in [5, 5.41) is 8.68. The molecule has 2 saturated heterocycles. The van der Waals surface area contributed by atoms with E-state index in [0.717, 1.165) is 18.4 Å². The Hall–Kier alpha value is -3.17. The number of hydrogen-bond acceptors (Lipinski definition) is 8. The Labute approximate surface area is 254 Å². The highest BCUT2D eigenvalue weighted by Gasteiger charge is 2.33. The van der Waals surface area contributed by atoms with Crippen molar-refractivity contribution in [1.29, 1.82) is 0 Å². The smallest absolute Gasteiger partial charge is 0.281 e. The molecule has 228 valence electrons. The van der Waals surface area contributed by atoms with Crippen LogP contribution < -0.4 is 5.56 Å². The standard InChI is InChI=1S/C28H32ClN7O5S2/c1-19-11-14-34(15-12-19)42(38,39)23-7-9-24(10-8-23)43(40,41)35-13-3-5-21(18-35)26-30-27-25(28(37)31-26)32-33-36(27)17-20-4-2-6-22(29)16-20/h2,4,6-10,16,19,21H,3,5,11-15,17-18H2,1H3,(H,30,31,37). The van der Waals surface area contributed by atoms with Gasteiger partial charge in [-0.3, -0.25) is 4.79 Å². The Morgan fingerprint density at radius 2 is 1.60 bits per heavy atom. The highest BCUT2D eigenvalue weighted by atomic mass is 35.5. The lowest BCUT2D eigenvalue weighted by Crippen LogP contribution is -2.40. The van der Waals surface area contributed by atoms with Gasteiger partial charge in [-0.1, -0.05) is 35.9 Å². The topological polar surface area (TPSA) is 151 Å². The van der Waals surface area contributed by atoms with E-state index in [4.69, 9.17) is 11.6 Å². The summed E-state index contributed by atoms with van der Waals surface area (Å²) in [6.07, 6.45) is 2.79. The van der Waals surface area contributed by atoms with Gasteiger partial charge < -0.3 is 4.98 Å². The van der Waals surface area contributed by atoms with Crippen LogP contribution in [0.2, 0.25) is 5.02 Å². The summed E-state index contributed by atoms with van der Waals surface area (Å²) in [6.45, 7) is 3.73. The van der Waals surface area contributed by atoms with Crippen molar-refractivity contribution in [1.82, 2.24) is 33.6 Å². The number of aromatic nitrogens is 5. The average molecular weight is 646 g/mol. The molecule has 0 aliphatic carbocycles. The highest BCUT2D eigenvalue weighted by molar-refractivity contribution is 7.89. The van der Waals surface area contributed by atoms with Crippen molar-refractivity contribution in [3.63, 3.8) is 0 Å². The molecule has 4 aromatic rings. The molecule has 6 rings (SSSR count). The van der Waals surface area contributed by atoms with Crippen LogP contribution in [0.15, 0.2) is 63.1 Å². The number of H-pyrrole nitrogens is 1. The molecule has 43 heavy (non-hydrogen) atoms. The number of hydrogen-bond donors (Lipinski definition) is 1. The molecule has 0 spiro atoms. The third kappa shape index (κ3) is 5.98. The minimum absolute atomic E-state index is 0.0140. The van der Waals surface area contributed by atoms with Crippen molar-refractivity contribution in [2.45, 2.75) is 54.9 Å². The van der Waals surface area contributed by atoms with Crippen LogP contribution in [0, 0.1) is 5.92 Å². The minimum Gasteiger partial charge on any atom is -0.308 e. The van der Waals surface area contributed by atoms with Crippen LogP contribution >= 0.6 is 11.6 Å². The van der Waals surface area contributed by atoms with Crippen LogP contribution in [-0.4, -0.2) is 76.6 Å². The zero-order valence-corrected chi connectivity index (χ0v) is 25.9. The molecular weight excluding hydrogens is 614 g/mol. The molecular formula is C28H32ClN7O5S2. The fourth-order valence-corrected chi connectivity index (χ4v) is 8.89. The number of rotatable bonds is 7. The second kappa shape index (κ2) is 11.7. The minimum atomic E-state index is -3.93. The van der Waals surface area contributed by atoms with E-state index in [2.05, 4.69) is 27.2 Å². The molecule has 12 nitrogen and oxygen atoms in total. The van der Waals surface area contributed by atoms with Crippen LogP contribution in [0.4, 0.5) is 0 Å². The second-order valence-corrected chi connectivity index (χ2v) is 15.6. The van der Waals surface area contributed by atoms with Gasteiger partial charge in [-0.15, -0.1) is 5.10 Å². The SMILES string of the molecule is CC1CCN(S(=O)(=O)c2ccc(S(=O)(=O)N3CCCC(c4nc5c(nnn5Cc5cccc(Cl)c5)c(=O)[nH]4)C3)cc2)CC1. The normalized spacial score (nSPS) is 19.6. The van der Waals surface area contributed by atoms with Gasteiger partial charge in [-0.05, 0) is 73.6 Å². The molecule has 1 unspecified atom stereocenters. The number of halogens is 1. The van der Waals surface area contributed by atoms with Crippen molar-refractivity contribution in [2.75, 3.05) is 26.2 Å². The molecule has 0 radical (unpaired) electrons. The zero-order chi connectivity index (χ0) is 30.4. The number of nitrogens with one attached hydrogen (secondary N) is 1. The zero-order valence-electron chi connectivity index (χ0n) is 23.6. The van der Waals surface area contributed by atoms with Gasteiger partial charge in [0.25, 0.3) is 5.56 Å². The van der Waals surface area contributed by atoms with Crippen LogP contribution in [0.25, 0.3) is 11.2 Å². The number of aromatic amines is 1. The van der Waals surface area contributed by atoms with Crippen LogP contribution in [0.3, 0.4) is 0 Å². The monoisotopic (exact) mass is 645 g/mol. The van der Waals surface area contributed by atoms with E-state index >= 15 is 0 Å². The molecule has 4 heterocycles. The molecule has 2 aliphatic heterocycles. The van der Waals surface area contributed by atoms with Gasteiger partial charge in [0, 0.05) is 37.1 Å². The Morgan fingerprint density at radius 1 is 0.930 bits per heavy atom. The molecule has 1 atom stereocenters. The average Bonchev–Trinajstić information content (AvgIpc) is 3.40. The lowest BCUT2D eigenvalue weighted by atomic mass is 9.99. The van der Waals surface area contributed by atoms with Crippen molar-refractivity contribution >= 4 is 42.8 Å². The number of benzene rings is 2. The number of fused-ring (bicyclic) bond motifs is 1. The molecule has 15 heteroatoms. The summed E-state index contributed by atoms with van der Waals surface area (Å²) >= 11 is 6.12. The molecule has 2 aromatic heterocycles. The first-order chi connectivity index (χ1) is 20.5. The Bertz CT molecular complexity index is 1920. The van der Waals surface area contributed by atoms with E-state index in [1.807, 2.05) is 12.1 Å². The quantitative estimate of drug-likeness (QED) is 0.322. The van der Waals surface area contributed by atoms with Crippen LogP contribution in [0.5, 0.6) is 0 Å². The first-order valence-electron chi connectivity index (χ1n) is 14.2. The van der Waals surface area contributed by atoms with Crippen LogP contribution in [-0.2, 0) is 26.6 Å². The van der Waals surface area contributed by atoms with E-state index in [-0.39, 0.29) is 27.8 Å². The summed E-state index contributed by atoms with van der Waals surface area (Å²) in [5.74, 6) is 0.482. The predicted molar refractivity (Wildman–Crippen MR) is 161 cm³/mol. The summed E-state index contributed by atoms with van der Waals surface area (Å²) in [4.78, 5) is 20.4. The van der Waals surface area contributed by atoms with E-state index < -0.39 is 25.6 Å². The maximum atomic E-state index is 13.6. The molecule has 0 bridgehead atoms. The first kappa shape index (κ1) is 29.9. The molecule has 2 fully saturated rings. The molecule has 1 N–H and O–H groups in total. The highest BCUT2D eigenvalue weighted by Crippen LogP contribution is 2.30. The summed E-state index contributed by atoms with van der Waals surface area (Å²) in [5.41, 5.74) is 0.818. The van der Waals surface area contributed by atoms with Crippen molar-refractivity contribution in [2.24, 2.45) is 5.92 Å². The number of nitrogens with zero attached hydrogens (tertiary/aromatic N) is 6. The molecule has 2 aliphatic rings. The van der Waals surface area contributed by atoms with E-state index in [0.29, 0.717) is 61.4 Å². The summed E-state index contributed by atoms with van der Waals surface area (Å²) < 4.78 is 57.8. The Kier molecular flexibility index (Phi) is 8.15. The Balaban J connectivity index is 1.22. The maximum absolute atomic E-state index is 13.6. The van der Waals surface area contributed by atoms with Gasteiger partial charge in [-0.25, -0.2) is 26.5 Å². The van der Waals surface area contributed by atoms with Crippen molar-refractivity contribution in [3.05, 3.63) is 75.3 Å². The van der Waals surface area contributed by atoms with Gasteiger partial charge in [-0.2, -0.15) is 8.61 Å². The van der Waals surface area contributed by atoms with Gasteiger partial charge in [0.05, 0.1) is 16.3 Å².